The zero-order valence-corrected chi connectivity index (χ0v) is 9.88. The van der Waals surface area contributed by atoms with Crippen molar-refractivity contribution in [3.63, 3.8) is 0 Å². The monoisotopic (exact) mass is 257 g/mol. The number of benzene rings is 1. The van der Waals surface area contributed by atoms with Crippen molar-refractivity contribution in [2.45, 2.75) is 6.10 Å². The minimum Gasteiger partial charge on any atom is -0.452 e. The van der Waals surface area contributed by atoms with Gasteiger partial charge in [0, 0.05) is 0 Å². The number of nitrogens with zero attached hydrogens (tertiary/aromatic N) is 1. The lowest BCUT2D eigenvalue weighted by molar-refractivity contribution is 0.149. The topological polar surface area (TPSA) is 72.9 Å². The van der Waals surface area contributed by atoms with Gasteiger partial charge in [-0.2, -0.15) is 12.7 Å². The maximum Gasteiger partial charge on any atom is 0.425 e. The molecule has 2 rings (SSSR count). The van der Waals surface area contributed by atoms with E-state index in [1.165, 1.54) is 0 Å². The first-order valence-electron chi connectivity index (χ1n) is 4.88. The smallest absolute Gasteiger partial charge is 0.425 e. The van der Waals surface area contributed by atoms with Crippen LogP contribution in [0.2, 0.25) is 0 Å². The molecule has 1 heterocycles. The molecule has 0 saturated carbocycles. The van der Waals surface area contributed by atoms with E-state index in [2.05, 4.69) is 4.74 Å². The van der Waals surface area contributed by atoms with Crippen molar-refractivity contribution in [3.05, 3.63) is 35.9 Å². The van der Waals surface area contributed by atoms with Gasteiger partial charge in [-0.05, 0) is 5.56 Å². The molecule has 0 spiro atoms. The molecule has 1 atom stereocenters. The number of rotatable bonds is 1. The quantitative estimate of drug-likeness (QED) is 0.752. The second-order valence-electron chi connectivity index (χ2n) is 3.45. The molecule has 1 amide bonds. The minimum atomic E-state index is -4.04. The molecule has 0 aromatic heterocycles. The summed E-state index contributed by atoms with van der Waals surface area (Å²) < 4.78 is 32.9. The van der Waals surface area contributed by atoms with Gasteiger partial charge in [0.25, 0.3) is 0 Å². The predicted molar refractivity (Wildman–Crippen MR) is 58.3 cm³/mol. The van der Waals surface area contributed by atoms with Gasteiger partial charge in [-0.25, -0.2) is 8.98 Å². The lowest BCUT2D eigenvalue weighted by Crippen LogP contribution is -2.32. The standard InChI is InChI=1S/C10H11NO5S/c1-15-10(12)11-7-9(16-17(11,13)14)8-5-3-2-4-6-8/h2-6,9H,7H2,1H3/t9-/m0/s1. The van der Waals surface area contributed by atoms with Gasteiger partial charge in [0.1, 0.15) is 6.10 Å². The zero-order chi connectivity index (χ0) is 12.5. The highest BCUT2D eigenvalue weighted by Gasteiger charge is 2.41. The number of hydrogen-bond acceptors (Lipinski definition) is 5. The largest absolute Gasteiger partial charge is 0.452 e. The van der Waals surface area contributed by atoms with Crippen LogP contribution in [0.15, 0.2) is 30.3 Å². The molecule has 1 aliphatic heterocycles. The summed E-state index contributed by atoms with van der Waals surface area (Å²) in [5.74, 6) is 0. The van der Waals surface area contributed by atoms with Gasteiger partial charge < -0.3 is 4.74 Å². The van der Waals surface area contributed by atoms with Crippen molar-refractivity contribution in [1.82, 2.24) is 4.31 Å². The molecule has 0 N–H and O–H groups in total. The second kappa shape index (κ2) is 4.34. The number of methoxy groups -OCH3 is 1. The molecule has 1 saturated heterocycles. The number of amides is 1. The van der Waals surface area contributed by atoms with Crippen LogP contribution >= 0.6 is 0 Å². The number of carbonyl (C=O) groups is 1. The summed E-state index contributed by atoms with van der Waals surface area (Å²) in [4.78, 5) is 11.3. The summed E-state index contributed by atoms with van der Waals surface area (Å²) in [6.45, 7) is -0.0704. The van der Waals surface area contributed by atoms with Crippen molar-refractivity contribution in [3.8, 4) is 0 Å². The normalized spacial score (nSPS) is 22.4. The van der Waals surface area contributed by atoms with Crippen LogP contribution in [0.4, 0.5) is 4.79 Å². The van der Waals surface area contributed by atoms with Gasteiger partial charge in [0.05, 0.1) is 13.7 Å². The average Bonchev–Trinajstić information content (AvgIpc) is 2.65. The highest BCUT2D eigenvalue weighted by molar-refractivity contribution is 7.85. The zero-order valence-electron chi connectivity index (χ0n) is 9.07. The van der Waals surface area contributed by atoms with Crippen molar-refractivity contribution >= 4 is 16.4 Å². The fraction of sp³-hybridized carbons (Fsp3) is 0.300. The molecule has 0 bridgehead atoms. The molecule has 0 unspecified atom stereocenters. The second-order valence-corrected chi connectivity index (χ2v) is 4.94. The van der Waals surface area contributed by atoms with Gasteiger partial charge in [-0.1, -0.05) is 30.3 Å². The molecule has 1 aromatic rings. The first kappa shape index (κ1) is 11.9. The summed E-state index contributed by atoms with van der Waals surface area (Å²) in [6.07, 6.45) is -1.62. The summed E-state index contributed by atoms with van der Waals surface area (Å²) >= 11 is 0. The molecule has 0 radical (unpaired) electrons. The van der Waals surface area contributed by atoms with E-state index in [1.807, 2.05) is 6.07 Å². The van der Waals surface area contributed by atoms with Gasteiger partial charge in [0.2, 0.25) is 0 Å². The first-order chi connectivity index (χ1) is 8.04. The molecule has 92 valence electrons. The molecular formula is C10H11NO5S. The maximum atomic E-state index is 11.5. The fourth-order valence-corrected chi connectivity index (χ4v) is 2.71. The summed E-state index contributed by atoms with van der Waals surface area (Å²) in [5.41, 5.74) is 0.697. The Balaban J connectivity index is 2.25. The first-order valence-corrected chi connectivity index (χ1v) is 6.25. The molecule has 1 aromatic carbocycles. The van der Waals surface area contributed by atoms with Crippen LogP contribution in [-0.2, 0) is 19.2 Å². The Bertz CT molecular complexity index is 513. The summed E-state index contributed by atoms with van der Waals surface area (Å²) in [7, 11) is -2.92. The van der Waals surface area contributed by atoms with Crippen molar-refractivity contribution in [2.24, 2.45) is 0 Å². The predicted octanol–water partition coefficient (Wildman–Crippen LogP) is 1.07. The summed E-state index contributed by atoms with van der Waals surface area (Å²) in [5, 5.41) is 0. The van der Waals surface area contributed by atoms with E-state index >= 15 is 0 Å². The van der Waals surface area contributed by atoms with Crippen LogP contribution in [0.1, 0.15) is 11.7 Å². The Kier molecular flexibility index (Phi) is 3.03. The van der Waals surface area contributed by atoms with Crippen LogP contribution in [0, 0.1) is 0 Å². The van der Waals surface area contributed by atoms with Gasteiger partial charge in [-0.15, -0.1) is 0 Å². The molecule has 0 aliphatic carbocycles. The van der Waals surface area contributed by atoms with E-state index in [1.54, 1.807) is 24.3 Å². The number of hydrogen-bond donors (Lipinski definition) is 0. The van der Waals surface area contributed by atoms with E-state index in [9.17, 15) is 13.2 Å². The van der Waals surface area contributed by atoms with Crippen LogP contribution in [-0.4, -0.2) is 32.5 Å². The highest BCUT2D eigenvalue weighted by Crippen LogP contribution is 2.30. The van der Waals surface area contributed by atoms with Gasteiger partial charge in [0.15, 0.2) is 0 Å². The third-order valence-corrected chi connectivity index (χ3v) is 3.70. The van der Waals surface area contributed by atoms with E-state index < -0.39 is 22.5 Å². The third-order valence-electron chi connectivity index (χ3n) is 2.39. The SMILES string of the molecule is COC(=O)N1C[C@@H](c2ccccc2)OS1(=O)=O. The summed E-state index contributed by atoms with van der Waals surface area (Å²) in [6, 6.07) is 8.82. The van der Waals surface area contributed by atoms with Crippen molar-refractivity contribution < 1.29 is 22.1 Å². The van der Waals surface area contributed by atoms with Crippen molar-refractivity contribution in [2.75, 3.05) is 13.7 Å². The Hall–Kier alpha value is -1.60. The highest BCUT2D eigenvalue weighted by atomic mass is 32.2. The van der Waals surface area contributed by atoms with E-state index in [0.29, 0.717) is 9.87 Å². The van der Waals surface area contributed by atoms with Crippen LogP contribution in [0.5, 0.6) is 0 Å². The van der Waals surface area contributed by atoms with Gasteiger partial charge in [-0.3, -0.25) is 0 Å². The molecule has 1 fully saturated rings. The third kappa shape index (κ3) is 2.25. The van der Waals surface area contributed by atoms with Crippen LogP contribution in [0.25, 0.3) is 0 Å². The Morgan fingerprint density at radius 1 is 1.41 bits per heavy atom. The Morgan fingerprint density at radius 3 is 2.65 bits per heavy atom. The Morgan fingerprint density at radius 2 is 2.06 bits per heavy atom. The van der Waals surface area contributed by atoms with Crippen molar-refractivity contribution in [1.29, 1.82) is 0 Å². The van der Waals surface area contributed by atoms with E-state index in [4.69, 9.17) is 4.18 Å². The molecular weight excluding hydrogens is 246 g/mol. The molecule has 6 nitrogen and oxygen atoms in total. The van der Waals surface area contributed by atoms with Crippen LogP contribution in [0.3, 0.4) is 0 Å². The van der Waals surface area contributed by atoms with E-state index in [0.717, 1.165) is 7.11 Å². The lowest BCUT2D eigenvalue weighted by Gasteiger charge is -2.09. The average molecular weight is 257 g/mol. The number of ether oxygens (including phenoxy) is 1. The van der Waals surface area contributed by atoms with Crippen LogP contribution < -0.4 is 0 Å². The fourth-order valence-electron chi connectivity index (χ4n) is 1.57. The Labute approximate surface area is 99.0 Å². The minimum absolute atomic E-state index is 0.0704. The molecule has 7 heteroatoms. The number of carbonyl (C=O) groups excluding carboxylic acids is 1. The molecule has 17 heavy (non-hydrogen) atoms. The van der Waals surface area contributed by atoms with Gasteiger partial charge >= 0.3 is 16.4 Å². The lowest BCUT2D eigenvalue weighted by atomic mass is 10.1. The molecule has 1 aliphatic rings. The maximum absolute atomic E-state index is 11.5. The van der Waals surface area contributed by atoms with E-state index in [-0.39, 0.29) is 6.54 Å².